The smallest absolute Gasteiger partial charge is 0.264 e. The SMILES string of the molecule is O=C(NCCc1c(F)cccc1F)C1CCCCN1C(=O)c1cccs1. The molecule has 0 spiro atoms. The molecule has 1 aliphatic rings. The first-order chi connectivity index (χ1) is 12.6. The van der Waals surface area contributed by atoms with Crippen LogP contribution >= 0.6 is 11.3 Å². The van der Waals surface area contributed by atoms with Crippen molar-refractivity contribution in [2.24, 2.45) is 0 Å². The van der Waals surface area contributed by atoms with Crippen LogP contribution in [0.3, 0.4) is 0 Å². The summed E-state index contributed by atoms with van der Waals surface area (Å²) in [6.07, 6.45) is 2.39. The van der Waals surface area contributed by atoms with E-state index in [-0.39, 0.29) is 30.3 Å². The number of nitrogens with one attached hydrogen (secondary N) is 1. The summed E-state index contributed by atoms with van der Waals surface area (Å²) in [5.41, 5.74) is -0.0389. The number of thiophene rings is 1. The van der Waals surface area contributed by atoms with E-state index in [0.29, 0.717) is 17.8 Å². The molecule has 3 rings (SSSR count). The van der Waals surface area contributed by atoms with Crippen molar-refractivity contribution in [2.75, 3.05) is 13.1 Å². The molecule has 1 unspecified atom stereocenters. The Balaban J connectivity index is 1.61. The van der Waals surface area contributed by atoms with Crippen molar-refractivity contribution in [1.29, 1.82) is 0 Å². The minimum absolute atomic E-state index is 0.0389. The fourth-order valence-corrected chi connectivity index (χ4v) is 3.87. The third-order valence-electron chi connectivity index (χ3n) is 4.53. The Kier molecular flexibility index (Phi) is 5.98. The Morgan fingerprint density at radius 1 is 1.15 bits per heavy atom. The first-order valence-electron chi connectivity index (χ1n) is 8.63. The molecule has 1 atom stereocenters. The Morgan fingerprint density at radius 3 is 2.62 bits per heavy atom. The molecule has 2 amide bonds. The topological polar surface area (TPSA) is 49.4 Å². The quantitative estimate of drug-likeness (QED) is 0.867. The Labute approximate surface area is 154 Å². The summed E-state index contributed by atoms with van der Waals surface area (Å²) in [6.45, 7) is 0.658. The highest BCUT2D eigenvalue weighted by atomic mass is 32.1. The van der Waals surface area contributed by atoms with Gasteiger partial charge < -0.3 is 10.2 Å². The molecule has 0 aliphatic carbocycles. The zero-order valence-corrected chi connectivity index (χ0v) is 15.0. The number of amides is 2. The minimum Gasteiger partial charge on any atom is -0.354 e. The molecule has 1 aromatic carbocycles. The molecule has 2 heterocycles. The van der Waals surface area contributed by atoms with Crippen LogP contribution in [0.4, 0.5) is 8.78 Å². The third-order valence-corrected chi connectivity index (χ3v) is 5.39. The molecule has 1 aliphatic heterocycles. The summed E-state index contributed by atoms with van der Waals surface area (Å²) < 4.78 is 27.3. The average molecular weight is 378 g/mol. The van der Waals surface area contributed by atoms with Crippen LogP contribution in [0.2, 0.25) is 0 Å². The maximum Gasteiger partial charge on any atom is 0.264 e. The van der Waals surface area contributed by atoms with Crippen molar-refractivity contribution in [3.05, 3.63) is 57.8 Å². The number of hydrogen-bond donors (Lipinski definition) is 1. The number of likely N-dealkylation sites (tertiary alicyclic amines) is 1. The number of piperidine rings is 1. The van der Waals surface area contributed by atoms with Gasteiger partial charge in [-0.25, -0.2) is 8.78 Å². The van der Waals surface area contributed by atoms with Gasteiger partial charge in [-0.3, -0.25) is 9.59 Å². The molecule has 0 radical (unpaired) electrons. The summed E-state index contributed by atoms with van der Waals surface area (Å²) in [5, 5.41) is 4.55. The summed E-state index contributed by atoms with van der Waals surface area (Å²) in [6, 6.07) is 6.72. The normalized spacial score (nSPS) is 17.2. The van der Waals surface area contributed by atoms with E-state index in [9.17, 15) is 18.4 Å². The summed E-state index contributed by atoms with van der Waals surface area (Å²) >= 11 is 1.35. The largest absolute Gasteiger partial charge is 0.354 e. The van der Waals surface area contributed by atoms with Gasteiger partial charge in [-0.15, -0.1) is 11.3 Å². The minimum atomic E-state index is -0.619. The van der Waals surface area contributed by atoms with Gasteiger partial charge >= 0.3 is 0 Å². The Hall–Kier alpha value is -2.28. The van der Waals surface area contributed by atoms with Gasteiger partial charge in [0, 0.05) is 18.7 Å². The van der Waals surface area contributed by atoms with Crippen LogP contribution in [0.15, 0.2) is 35.7 Å². The lowest BCUT2D eigenvalue weighted by molar-refractivity contribution is -0.126. The van der Waals surface area contributed by atoms with E-state index in [1.165, 1.54) is 29.5 Å². The van der Waals surface area contributed by atoms with Crippen LogP contribution < -0.4 is 5.32 Å². The van der Waals surface area contributed by atoms with Gasteiger partial charge in [0.25, 0.3) is 5.91 Å². The predicted molar refractivity (Wildman–Crippen MR) is 96.1 cm³/mol. The number of benzene rings is 1. The lowest BCUT2D eigenvalue weighted by Crippen LogP contribution is -2.52. The second-order valence-electron chi connectivity index (χ2n) is 6.23. The maximum atomic E-state index is 13.7. The third kappa shape index (κ3) is 4.09. The molecule has 7 heteroatoms. The van der Waals surface area contributed by atoms with E-state index in [1.54, 1.807) is 17.0 Å². The molecule has 4 nitrogen and oxygen atoms in total. The predicted octanol–water partition coefficient (Wildman–Crippen LogP) is 3.38. The molecule has 1 saturated heterocycles. The van der Waals surface area contributed by atoms with Crippen LogP contribution in [-0.4, -0.2) is 35.8 Å². The van der Waals surface area contributed by atoms with E-state index in [1.807, 2.05) is 5.38 Å². The van der Waals surface area contributed by atoms with E-state index < -0.39 is 17.7 Å². The zero-order valence-electron chi connectivity index (χ0n) is 14.2. The van der Waals surface area contributed by atoms with Crippen molar-refractivity contribution in [3.8, 4) is 0 Å². The summed E-state index contributed by atoms with van der Waals surface area (Å²) in [5.74, 6) is -1.65. The van der Waals surface area contributed by atoms with E-state index in [0.717, 1.165) is 12.8 Å². The highest BCUT2D eigenvalue weighted by Gasteiger charge is 2.32. The first-order valence-corrected chi connectivity index (χ1v) is 9.51. The van der Waals surface area contributed by atoms with E-state index >= 15 is 0 Å². The molecule has 2 aromatic rings. The van der Waals surface area contributed by atoms with Crippen LogP contribution in [0.5, 0.6) is 0 Å². The van der Waals surface area contributed by atoms with Crippen molar-refractivity contribution >= 4 is 23.2 Å². The lowest BCUT2D eigenvalue weighted by atomic mass is 10.0. The van der Waals surface area contributed by atoms with Gasteiger partial charge in [-0.2, -0.15) is 0 Å². The van der Waals surface area contributed by atoms with Gasteiger partial charge in [-0.05, 0) is 49.3 Å². The molecule has 0 bridgehead atoms. The molecule has 1 N–H and O–H groups in total. The van der Waals surface area contributed by atoms with Gasteiger partial charge in [0.15, 0.2) is 0 Å². The monoisotopic (exact) mass is 378 g/mol. The van der Waals surface area contributed by atoms with Crippen LogP contribution in [0.1, 0.15) is 34.5 Å². The summed E-state index contributed by atoms with van der Waals surface area (Å²) in [7, 11) is 0. The number of halogens is 2. The molecule has 138 valence electrons. The number of carbonyl (C=O) groups is 2. The molecule has 1 fully saturated rings. The van der Waals surface area contributed by atoms with Crippen molar-refractivity contribution < 1.29 is 18.4 Å². The van der Waals surface area contributed by atoms with Gasteiger partial charge in [0.2, 0.25) is 5.91 Å². The van der Waals surface area contributed by atoms with Gasteiger partial charge in [0.05, 0.1) is 4.88 Å². The van der Waals surface area contributed by atoms with Crippen LogP contribution in [0.25, 0.3) is 0 Å². The number of hydrogen-bond acceptors (Lipinski definition) is 3. The standard InChI is InChI=1S/C19H20F2N2O2S/c20-14-5-3-6-15(21)13(14)9-10-22-18(24)16-7-1-2-11-23(16)19(25)17-8-4-12-26-17/h3-6,8,12,16H,1-2,7,9-11H2,(H,22,24). The first kappa shape index (κ1) is 18.5. The fraction of sp³-hybridized carbons (Fsp3) is 0.368. The van der Waals surface area contributed by atoms with Crippen molar-refractivity contribution in [1.82, 2.24) is 10.2 Å². The Morgan fingerprint density at radius 2 is 1.92 bits per heavy atom. The number of nitrogens with zero attached hydrogens (tertiary/aromatic N) is 1. The van der Waals surface area contributed by atoms with Gasteiger partial charge in [-0.1, -0.05) is 12.1 Å². The molecular formula is C19H20F2N2O2S. The maximum absolute atomic E-state index is 13.7. The van der Waals surface area contributed by atoms with Crippen LogP contribution in [-0.2, 0) is 11.2 Å². The highest BCUT2D eigenvalue weighted by molar-refractivity contribution is 7.12. The van der Waals surface area contributed by atoms with Gasteiger partial charge in [0.1, 0.15) is 17.7 Å². The second-order valence-corrected chi connectivity index (χ2v) is 7.18. The zero-order chi connectivity index (χ0) is 18.5. The Bertz CT molecular complexity index is 760. The lowest BCUT2D eigenvalue weighted by Gasteiger charge is -2.34. The molecule has 0 saturated carbocycles. The second kappa shape index (κ2) is 8.40. The van der Waals surface area contributed by atoms with E-state index in [2.05, 4.69) is 5.32 Å². The fourth-order valence-electron chi connectivity index (χ4n) is 3.19. The number of carbonyl (C=O) groups excluding carboxylic acids is 2. The van der Waals surface area contributed by atoms with E-state index in [4.69, 9.17) is 0 Å². The number of rotatable bonds is 5. The molecular weight excluding hydrogens is 358 g/mol. The molecule has 1 aromatic heterocycles. The van der Waals surface area contributed by atoms with Crippen molar-refractivity contribution in [2.45, 2.75) is 31.7 Å². The molecule has 26 heavy (non-hydrogen) atoms. The highest BCUT2D eigenvalue weighted by Crippen LogP contribution is 2.22. The summed E-state index contributed by atoms with van der Waals surface area (Å²) in [4.78, 5) is 27.4. The van der Waals surface area contributed by atoms with Crippen molar-refractivity contribution in [3.63, 3.8) is 0 Å². The van der Waals surface area contributed by atoms with Crippen LogP contribution in [0, 0.1) is 11.6 Å². The average Bonchev–Trinajstić information content (AvgIpc) is 3.18.